The van der Waals surface area contributed by atoms with Crippen LogP contribution in [0.15, 0.2) is 48.8 Å². The lowest BCUT2D eigenvalue weighted by atomic mass is 10.1. The standard InChI is InChI=1S/C19H23N2OS/c1-16(22)23-15-14-21(3)19-8-6-17(7-9-19)4-5-18-10-12-20(2)13-11-18/h4-13H,14-15H2,1-3H3/q+1. The van der Waals surface area contributed by atoms with Crippen molar-refractivity contribution in [1.82, 2.24) is 0 Å². The van der Waals surface area contributed by atoms with E-state index in [-0.39, 0.29) is 5.12 Å². The number of carbonyl (C=O) groups excluding carboxylic acids is 1. The van der Waals surface area contributed by atoms with Crippen LogP contribution in [0.5, 0.6) is 0 Å². The van der Waals surface area contributed by atoms with Crippen LogP contribution in [0.1, 0.15) is 18.1 Å². The van der Waals surface area contributed by atoms with Crippen LogP contribution in [0.3, 0.4) is 0 Å². The van der Waals surface area contributed by atoms with Crippen molar-refractivity contribution in [2.75, 3.05) is 24.2 Å². The zero-order valence-electron chi connectivity index (χ0n) is 13.9. The second kappa shape index (κ2) is 8.53. The molecule has 0 aliphatic carbocycles. The number of benzene rings is 1. The number of hydrogen-bond donors (Lipinski definition) is 0. The summed E-state index contributed by atoms with van der Waals surface area (Å²) >= 11 is 1.37. The van der Waals surface area contributed by atoms with Crippen molar-refractivity contribution in [2.45, 2.75) is 6.92 Å². The Morgan fingerprint density at radius 1 is 1.09 bits per heavy atom. The maximum Gasteiger partial charge on any atom is 0.185 e. The highest BCUT2D eigenvalue weighted by atomic mass is 32.2. The fourth-order valence-corrected chi connectivity index (χ4v) is 2.76. The molecule has 2 aromatic rings. The molecule has 0 fully saturated rings. The maximum atomic E-state index is 10.9. The van der Waals surface area contributed by atoms with Gasteiger partial charge in [0.25, 0.3) is 0 Å². The van der Waals surface area contributed by atoms with E-state index < -0.39 is 0 Å². The number of pyridine rings is 1. The Hall–Kier alpha value is -2.07. The van der Waals surface area contributed by atoms with Gasteiger partial charge in [-0.3, -0.25) is 4.79 Å². The molecule has 1 heterocycles. The molecule has 1 aromatic heterocycles. The molecule has 120 valence electrons. The Balaban J connectivity index is 1.93. The first-order valence-corrected chi connectivity index (χ1v) is 8.61. The Labute approximate surface area is 142 Å². The third kappa shape index (κ3) is 5.91. The lowest BCUT2D eigenvalue weighted by Crippen LogP contribution is -2.25. The summed E-state index contributed by atoms with van der Waals surface area (Å²) in [7, 11) is 4.06. The molecule has 0 saturated heterocycles. The van der Waals surface area contributed by atoms with E-state index in [1.807, 2.05) is 24.0 Å². The van der Waals surface area contributed by atoms with Crippen LogP contribution in [-0.4, -0.2) is 24.5 Å². The van der Waals surface area contributed by atoms with Crippen molar-refractivity contribution < 1.29 is 9.36 Å². The predicted molar refractivity (Wildman–Crippen MR) is 99.4 cm³/mol. The molecule has 0 radical (unpaired) electrons. The number of rotatable bonds is 6. The van der Waals surface area contributed by atoms with E-state index in [0.717, 1.165) is 18.0 Å². The SMILES string of the molecule is CC(=O)SCCN(C)c1ccc(/C=C/c2cc[n+](C)cc2)cc1. The predicted octanol–water partition coefficient (Wildman–Crippen LogP) is 3.40. The van der Waals surface area contributed by atoms with Gasteiger partial charge < -0.3 is 4.90 Å². The third-order valence-corrected chi connectivity index (χ3v) is 4.33. The minimum absolute atomic E-state index is 0.174. The van der Waals surface area contributed by atoms with Crippen LogP contribution >= 0.6 is 11.8 Å². The van der Waals surface area contributed by atoms with Crippen LogP contribution in [0.4, 0.5) is 5.69 Å². The van der Waals surface area contributed by atoms with Crippen molar-refractivity contribution in [3.8, 4) is 0 Å². The summed E-state index contributed by atoms with van der Waals surface area (Å²) in [4.78, 5) is 13.1. The van der Waals surface area contributed by atoms with Gasteiger partial charge in [0, 0.05) is 44.1 Å². The molecular weight excluding hydrogens is 304 g/mol. The summed E-state index contributed by atoms with van der Waals surface area (Å²) in [6, 6.07) is 12.6. The van der Waals surface area contributed by atoms with Gasteiger partial charge in [-0.2, -0.15) is 0 Å². The molecule has 0 N–H and O–H groups in total. The second-order valence-electron chi connectivity index (χ2n) is 5.48. The van der Waals surface area contributed by atoms with Crippen molar-refractivity contribution in [3.63, 3.8) is 0 Å². The van der Waals surface area contributed by atoms with Crippen molar-refractivity contribution in [3.05, 3.63) is 59.9 Å². The average molecular weight is 327 g/mol. The summed E-state index contributed by atoms with van der Waals surface area (Å²) < 4.78 is 2.02. The van der Waals surface area contributed by atoms with E-state index in [1.165, 1.54) is 22.9 Å². The fraction of sp³-hybridized carbons (Fsp3) is 0.263. The number of thioether (sulfide) groups is 1. The van der Waals surface area contributed by atoms with Crippen LogP contribution < -0.4 is 9.47 Å². The average Bonchev–Trinajstić information content (AvgIpc) is 2.54. The molecule has 0 aliphatic rings. The minimum atomic E-state index is 0.174. The molecule has 1 aromatic carbocycles. The highest BCUT2D eigenvalue weighted by Crippen LogP contribution is 2.16. The largest absolute Gasteiger partial charge is 0.374 e. The van der Waals surface area contributed by atoms with Gasteiger partial charge >= 0.3 is 0 Å². The van der Waals surface area contributed by atoms with E-state index >= 15 is 0 Å². The van der Waals surface area contributed by atoms with Crippen molar-refractivity contribution >= 4 is 34.7 Å². The summed E-state index contributed by atoms with van der Waals surface area (Å²) in [5.41, 5.74) is 3.53. The van der Waals surface area contributed by atoms with E-state index in [0.29, 0.717) is 0 Å². The smallest absolute Gasteiger partial charge is 0.185 e. The molecule has 0 amide bonds. The number of carbonyl (C=O) groups is 1. The van der Waals surface area contributed by atoms with E-state index in [9.17, 15) is 4.79 Å². The Bertz CT molecular complexity index is 663. The van der Waals surface area contributed by atoms with E-state index in [4.69, 9.17) is 0 Å². The lowest BCUT2D eigenvalue weighted by Gasteiger charge is -2.18. The molecule has 3 nitrogen and oxygen atoms in total. The monoisotopic (exact) mass is 327 g/mol. The van der Waals surface area contributed by atoms with Crippen LogP contribution in [0.2, 0.25) is 0 Å². The summed E-state index contributed by atoms with van der Waals surface area (Å²) in [5, 5.41) is 0.174. The molecule has 0 spiro atoms. The molecular formula is C19H23N2OS+. The van der Waals surface area contributed by atoms with Crippen LogP contribution in [0.25, 0.3) is 12.2 Å². The number of aryl methyl sites for hydroxylation is 1. The van der Waals surface area contributed by atoms with E-state index in [2.05, 4.69) is 60.5 Å². The normalized spacial score (nSPS) is 10.9. The number of nitrogens with zero attached hydrogens (tertiary/aromatic N) is 2. The third-order valence-electron chi connectivity index (χ3n) is 3.54. The Morgan fingerprint density at radius 2 is 1.65 bits per heavy atom. The second-order valence-corrected chi connectivity index (χ2v) is 6.76. The van der Waals surface area contributed by atoms with Gasteiger partial charge in [-0.15, -0.1) is 0 Å². The Kier molecular flexibility index (Phi) is 6.41. The number of anilines is 1. The van der Waals surface area contributed by atoms with Crippen LogP contribution in [0, 0.1) is 0 Å². The first kappa shape index (κ1) is 17.3. The minimum Gasteiger partial charge on any atom is -0.374 e. The van der Waals surface area contributed by atoms with Crippen LogP contribution in [-0.2, 0) is 11.8 Å². The molecule has 0 aliphatic heterocycles. The number of aromatic nitrogens is 1. The lowest BCUT2D eigenvalue weighted by molar-refractivity contribution is -0.671. The molecule has 0 bridgehead atoms. The summed E-state index contributed by atoms with van der Waals surface area (Å²) in [5.74, 6) is 0.818. The fourth-order valence-electron chi connectivity index (χ4n) is 2.11. The maximum absolute atomic E-state index is 10.9. The van der Waals surface area contributed by atoms with Gasteiger partial charge in [0.2, 0.25) is 0 Å². The highest BCUT2D eigenvalue weighted by Gasteiger charge is 2.02. The Morgan fingerprint density at radius 3 is 2.22 bits per heavy atom. The van der Waals surface area contributed by atoms with Gasteiger partial charge in [-0.05, 0) is 23.3 Å². The molecule has 0 unspecified atom stereocenters. The molecule has 0 saturated carbocycles. The first-order chi connectivity index (χ1) is 11.0. The number of hydrogen-bond acceptors (Lipinski definition) is 3. The highest BCUT2D eigenvalue weighted by molar-refractivity contribution is 8.13. The zero-order valence-corrected chi connectivity index (χ0v) is 14.7. The van der Waals surface area contributed by atoms with Crippen molar-refractivity contribution in [2.24, 2.45) is 7.05 Å². The summed E-state index contributed by atoms with van der Waals surface area (Å²) in [6.45, 7) is 2.47. The quantitative estimate of drug-likeness (QED) is 0.760. The van der Waals surface area contributed by atoms with Gasteiger partial charge in [-0.1, -0.05) is 36.0 Å². The van der Waals surface area contributed by atoms with Gasteiger partial charge in [0.1, 0.15) is 7.05 Å². The first-order valence-electron chi connectivity index (χ1n) is 7.62. The van der Waals surface area contributed by atoms with E-state index in [1.54, 1.807) is 6.92 Å². The van der Waals surface area contributed by atoms with Gasteiger partial charge in [0.05, 0.1) is 0 Å². The molecule has 2 rings (SSSR count). The van der Waals surface area contributed by atoms with Crippen molar-refractivity contribution in [1.29, 1.82) is 0 Å². The zero-order chi connectivity index (χ0) is 16.7. The molecule has 4 heteroatoms. The van der Waals surface area contributed by atoms with Gasteiger partial charge in [-0.25, -0.2) is 4.57 Å². The molecule has 0 atom stereocenters. The molecule has 23 heavy (non-hydrogen) atoms. The summed E-state index contributed by atoms with van der Waals surface area (Å²) in [6.07, 6.45) is 8.31. The topological polar surface area (TPSA) is 24.2 Å². The van der Waals surface area contributed by atoms with Gasteiger partial charge in [0.15, 0.2) is 17.5 Å².